The lowest BCUT2D eigenvalue weighted by Crippen LogP contribution is -2.25. The molecule has 1 rings (SSSR count). The zero-order valence-corrected chi connectivity index (χ0v) is 7.23. The maximum Gasteiger partial charge on any atom is 0.250 e. The summed E-state index contributed by atoms with van der Waals surface area (Å²) in [6.07, 6.45) is 5.68. The molecular weight excluding hydrogens is 146 g/mol. The minimum atomic E-state index is -0.180. The molecule has 1 aliphatic rings. The Morgan fingerprint density at radius 3 is 2.70 bits per heavy atom. The molecule has 0 atom stereocenters. The number of aliphatic imine (C=N–C) groups is 1. The fraction of sp³-hybridized carbons (Fsp3) is 0.571. The van der Waals surface area contributed by atoms with Gasteiger partial charge >= 0.3 is 0 Å². The second kappa shape index (κ2) is 2.66. The maximum absolute atomic E-state index is 5.45. The molecule has 0 aromatic carbocycles. The first-order valence-electron chi connectivity index (χ1n) is 3.12. The Bertz CT molecular complexity index is 184. The first-order valence-corrected chi connectivity index (χ1v) is 4.35. The molecule has 0 aliphatic carbocycles. The number of hydrogen-bond acceptors (Lipinski definition) is 3. The lowest BCUT2D eigenvalue weighted by atomic mass is 10.1. The van der Waals surface area contributed by atoms with Crippen molar-refractivity contribution in [1.82, 2.24) is 0 Å². The number of ether oxygens (including phenoxy) is 1. The molecule has 10 heavy (non-hydrogen) atoms. The predicted octanol–water partition coefficient (Wildman–Crippen LogP) is 2.03. The molecule has 0 radical (unpaired) electrons. The average molecular weight is 157 g/mol. The van der Waals surface area contributed by atoms with Crippen LogP contribution in [0.25, 0.3) is 0 Å². The summed E-state index contributed by atoms with van der Waals surface area (Å²) < 4.78 is 5.45. The molecule has 0 saturated carbocycles. The monoisotopic (exact) mass is 157 g/mol. The van der Waals surface area contributed by atoms with E-state index in [1.165, 1.54) is 11.8 Å². The third-order valence-electron chi connectivity index (χ3n) is 1.18. The Morgan fingerprint density at radius 1 is 1.60 bits per heavy atom. The maximum atomic E-state index is 5.45. The number of nitrogens with zero attached hydrogens (tertiary/aromatic N) is 1. The fourth-order valence-electron chi connectivity index (χ4n) is 0.657. The summed E-state index contributed by atoms with van der Waals surface area (Å²) in [6, 6.07) is 0. The van der Waals surface area contributed by atoms with E-state index in [0.29, 0.717) is 0 Å². The summed E-state index contributed by atoms with van der Waals surface area (Å²) in [5.41, 5.74) is -0.180. The number of hydrogen-bond donors (Lipinski definition) is 0. The van der Waals surface area contributed by atoms with Crippen molar-refractivity contribution in [2.75, 3.05) is 6.26 Å². The Morgan fingerprint density at radius 2 is 2.30 bits per heavy atom. The summed E-state index contributed by atoms with van der Waals surface area (Å²) in [4.78, 5) is 4.02. The molecule has 0 N–H and O–H groups in total. The van der Waals surface area contributed by atoms with Crippen molar-refractivity contribution in [2.45, 2.75) is 19.4 Å². The lowest BCUT2D eigenvalue weighted by molar-refractivity contribution is 0.150. The summed E-state index contributed by atoms with van der Waals surface area (Å²) in [5, 5.41) is 0.743. The van der Waals surface area contributed by atoms with Crippen LogP contribution in [0.1, 0.15) is 13.8 Å². The summed E-state index contributed by atoms with van der Waals surface area (Å²) >= 11 is 1.52. The van der Waals surface area contributed by atoms with Gasteiger partial charge in [0.2, 0.25) is 0 Å². The summed E-state index contributed by atoms with van der Waals surface area (Å²) in [7, 11) is 0. The highest BCUT2D eigenvalue weighted by Crippen LogP contribution is 2.19. The molecule has 0 saturated heterocycles. The van der Waals surface area contributed by atoms with E-state index in [1.807, 2.05) is 26.2 Å². The van der Waals surface area contributed by atoms with Crippen LogP contribution >= 0.6 is 11.8 Å². The van der Waals surface area contributed by atoms with Crippen molar-refractivity contribution >= 4 is 17.0 Å². The van der Waals surface area contributed by atoms with Crippen LogP contribution in [0.15, 0.2) is 17.3 Å². The van der Waals surface area contributed by atoms with Gasteiger partial charge in [-0.2, -0.15) is 0 Å². The van der Waals surface area contributed by atoms with Crippen LogP contribution in [0.4, 0.5) is 0 Å². The third kappa shape index (κ3) is 1.77. The molecule has 0 fully saturated rings. The molecular formula is C7H11NOS. The van der Waals surface area contributed by atoms with Crippen molar-refractivity contribution in [2.24, 2.45) is 4.99 Å². The van der Waals surface area contributed by atoms with Gasteiger partial charge in [0.25, 0.3) is 5.23 Å². The second-order valence-electron chi connectivity index (χ2n) is 2.62. The standard InChI is InChI=1S/C7H11NOS/c1-7(2)4-5-8-6(9-7)10-3/h4-5H,1-3H3. The predicted molar refractivity (Wildman–Crippen MR) is 45.3 cm³/mol. The van der Waals surface area contributed by atoms with Gasteiger partial charge in [-0.25, -0.2) is 4.99 Å². The van der Waals surface area contributed by atoms with Gasteiger partial charge in [-0.15, -0.1) is 0 Å². The molecule has 56 valence electrons. The van der Waals surface area contributed by atoms with E-state index in [1.54, 1.807) is 6.20 Å². The van der Waals surface area contributed by atoms with E-state index < -0.39 is 0 Å². The van der Waals surface area contributed by atoms with Gasteiger partial charge in [0.1, 0.15) is 5.60 Å². The largest absolute Gasteiger partial charge is 0.462 e. The van der Waals surface area contributed by atoms with E-state index >= 15 is 0 Å². The van der Waals surface area contributed by atoms with Crippen LogP contribution < -0.4 is 0 Å². The molecule has 2 nitrogen and oxygen atoms in total. The molecule has 0 unspecified atom stereocenters. The Balaban J connectivity index is 2.68. The van der Waals surface area contributed by atoms with Gasteiger partial charge in [0, 0.05) is 6.20 Å². The second-order valence-corrected chi connectivity index (χ2v) is 3.38. The smallest absolute Gasteiger partial charge is 0.250 e. The van der Waals surface area contributed by atoms with E-state index in [-0.39, 0.29) is 5.60 Å². The molecule has 1 aliphatic heterocycles. The lowest BCUT2D eigenvalue weighted by Gasteiger charge is -2.24. The first kappa shape index (κ1) is 7.66. The van der Waals surface area contributed by atoms with Gasteiger partial charge in [0.15, 0.2) is 0 Å². The first-order chi connectivity index (χ1) is 4.64. The zero-order valence-electron chi connectivity index (χ0n) is 6.42. The van der Waals surface area contributed by atoms with Crippen molar-refractivity contribution in [1.29, 1.82) is 0 Å². The van der Waals surface area contributed by atoms with Crippen LogP contribution in [0.5, 0.6) is 0 Å². The average Bonchev–Trinajstić information content (AvgIpc) is 1.86. The van der Waals surface area contributed by atoms with Crippen molar-refractivity contribution in [3.05, 3.63) is 12.3 Å². The van der Waals surface area contributed by atoms with E-state index in [2.05, 4.69) is 4.99 Å². The van der Waals surface area contributed by atoms with Crippen molar-refractivity contribution < 1.29 is 4.74 Å². The molecule has 0 amide bonds. The molecule has 3 heteroatoms. The highest BCUT2D eigenvalue weighted by molar-refractivity contribution is 8.12. The van der Waals surface area contributed by atoms with Gasteiger partial charge in [-0.3, -0.25) is 0 Å². The minimum Gasteiger partial charge on any atom is -0.462 e. The summed E-state index contributed by atoms with van der Waals surface area (Å²) in [5.74, 6) is 0. The Labute approximate surface area is 65.4 Å². The molecule has 0 bridgehead atoms. The third-order valence-corrected chi connectivity index (χ3v) is 1.72. The van der Waals surface area contributed by atoms with Crippen LogP contribution in [0.3, 0.4) is 0 Å². The topological polar surface area (TPSA) is 21.6 Å². The van der Waals surface area contributed by atoms with Crippen molar-refractivity contribution in [3.8, 4) is 0 Å². The Hall–Kier alpha value is -0.440. The quantitative estimate of drug-likeness (QED) is 0.536. The number of thioether (sulfide) groups is 1. The van der Waals surface area contributed by atoms with Crippen molar-refractivity contribution in [3.63, 3.8) is 0 Å². The normalized spacial score (nSPS) is 21.7. The van der Waals surface area contributed by atoms with Crippen LogP contribution in [0.2, 0.25) is 0 Å². The minimum absolute atomic E-state index is 0.180. The zero-order chi connectivity index (χ0) is 7.61. The van der Waals surface area contributed by atoms with Crippen LogP contribution in [-0.4, -0.2) is 17.1 Å². The van der Waals surface area contributed by atoms with Gasteiger partial charge < -0.3 is 4.74 Å². The SMILES string of the molecule is CSC1=NC=CC(C)(C)O1. The van der Waals surface area contributed by atoms with Gasteiger partial charge in [0.05, 0.1) is 0 Å². The fourth-order valence-corrected chi connectivity index (χ4v) is 1.12. The van der Waals surface area contributed by atoms with Crippen LogP contribution in [-0.2, 0) is 4.74 Å². The van der Waals surface area contributed by atoms with Gasteiger partial charge in [-0.05, 0) is 26.2 Å². The molecule has 1 heterocycles. The van der Waals surface area contributed by atoms with E-state index in [9.17, 15) is 0 Å². The number of rotatable bonds is 0. The summed E-state index contributed by atoms with van der Waals surface area (Å²) in [6.45, 7) is 4.02. The van der Waals surface area contributed by atoms with Crippen LogP contribution in [0, 0.1) is 0 Å². The molecule has 0 aromatic heterocycles. The van der Waals surface area contributed by atoms with Gasteiger partial charge in [-0.1, -0.05) is 11.8 Å². The highest BCUT2D eigenvalue weighted by Gasteiger charge is 2.19. The molecule has 0 aromatic rings. The Kier molecular flexibility index (Phi) is 2.04. The molecule has 0 spiro atoms. The van der Waals surface area contributed by atoms with E-state index in [4.69, 9.17) is 4.74 Å². The highest BCUT2D eigenvalue weighted by atomic mass is 32.2. The van der Waals surface area contributed by atoms with E-state index in [0.717, 1.165) is 5.23 Å².